The van der Waals surface area contributed by atoms with Crippen LogP contribution >= 0.6 is 0 Å². The molecule has 0 N–H and O–H groups in total. The Labute approximate surface area is 118 Å². The molecule has 0 spiro atoms. The van der Waals surface area contributed by atoms with Crippen molar-refractivity contribution in [3.8, 4) is 11.5 Å². The molecule has 5 heteroatoms. The number of Topliss-reactive ketones (excluding diaryl/α,β-unsaturated/α-hetero) is 1. The van der Waals surface area contributed by atoms with Crippen molar-refractivity contribution in [2.75, 3.05) is 20.8 Å². The van der Waals surface area contributed by atoms with Gasteiger partial charge < -0.3 is 14.2 Å². The number of esters is 1. The van der Waals surface area contributed by atoms with Crippen LogP contribution in [0.2, 0.25) is 0 Å². The van der Waals surface area contributed by atoms with Crippen LogP contribution < -0.4 is 9.47 Å². The first-order valence-electron chi connectivity index (χ1n) is 6.53. The summed E-state index contributed by atoms with van der Waals surface area (Å²) in [7, 11) is 2.83. The minimum atomic E-state index is -0.395. The molecule has 1 aromatic rings. The van der Waals surface area contributed by atoms with E-state index in [2.05, 4.69) is 4.74 Å². The predicted molar refractivity (Wildman–Crippen MR) is 74.4 cm³/mol. The number of benzene rings is 1. The number of carbonyl (C=O) groups is 2. The van der Waals surface area contributed by atoms with Crippen molar-refractivity contribution in [2.24, 2.45) is 0 Å². The molecule has 0 aliphatic rings. The van der Waals surface area contributed by atoms with Gasteiger partial charge in [-0.3, -0.25) is 9.59 Å². The third kappa shape index (κ3) is 4.57. The lowest BCUT2D eigenvalue weighted by Crippen LogP contribution is -2.06. The summed E-state index contributed by atoms with van der Waals surface area (Å²) in [5.41, 5.74) is 0.495. The first kappa shape index (κ1) is 16.0. The van der Waals surface area contributed by atoms with Gasteiger partial charge in [-0.15, -0.1) is 0 Å². The van der Waals surface area contributed by atoms with Crippen LogP contribution in [0.15, 0.2) is 18.2 Å². The fourth-order valence-electron chi connectivity index (χ4n) is 1.63. The number of ketones is 1. The Morgan fingerprint density at radius 1 is 1.10 bits per heavy atom. The van der Waals surface area contributed by atoms with E-state index in [1.807, 2.05) is 6.92 Å². The Morgan fingerprint density at radius 2 is 1.85 bits per heavy atom. The first-order valence-corrected chi connectivity index (χ1v) is 6.53. The summed E-state index contributed by atoms with van der Waals surface area (Å²) in [5, 5.41) is 0. The van der Waals surface area contributed by atoms with Crippen molar-refractivity contribution >= 4 is 11.8 Å². The highest BCUT2D eigenvalue weighted by Gasteiger charge is 2.13. The van der Waals surface area contributed by atoms with Gasteiger partial charge in [0.2, 0.25) is 0 Å². The molecule has 0 saturated carbocycles. The van der Waals surface area contributed by atoms with Gasteiger partial charge in [-0.1, -0.05) is 6.92 Å². The molecular weight excluding hydrogens is 260 g/mol. The van der Waals surface area contributed by atoms with Gasteiger partial charge in [0.05, 0.1) is 27.2 Å². The molecule has 5 nitrogen and oxygen atoms in total. The summed E-state index contributed by atoms with van der Waals surface area (Å²) in [6.45, 7) is 2.60. The van der Waals surface area contributed by atoms with Crippen LogP contribution in [-0.4, -0.2) is 32.6 Å². The van der Waals surface area contributed by atoms with Gasteiger partial charge in [0, 0.05) is 12.0 Å². The Kier molecular flexibility index (Phi) is 6.56. The summed E-state index contributed by atoms with van der Waals surface area (Å²) in [4.78, 5) is 23.0. The number of ether oxygens (including phenoxy) is 3. The molecule has 0 aliphatic heterocycles. The molecule has 0 unspecified atom stereocenters. The normalized spacial score (nSPS) is 9.95. The Morgan fingerprint density at radius 3 is 2.45 bits per heavy atom. The van der Waals surface area contributed by atoms with Crippen molar-refractivity contribution in [2.45, 2.75) is 26.2 Å². The van der Waals surface area contributed by atoms with Crippen LogP contribution in [0.25, 0.3) is 0 Å². The SMILES string of the molecule is CCCOc1ccc(C(=O)CCC(=O)OC)cc1OC. The molecule has 0 saturated heterocycles. The van der Waals surface area contributed by atoms with Crippen LogP contribution in [-0.2, 0) is 9.53 Å². The highest BCUT2D eigenvalue weighted by molar-refractivity contribution is 5.98. The number of hydrogen-bond acceptors (Lipinski definition) is 5. The molecule has 1 rings (SSSR count). The number of methoxy groups -OCH3 is 2. The summed E-state index contributed by atoms with van der Waals surface area (Å²) in [6, 6.07) is 5.01. The van der Waals surface area contributed by atoms with E-state index in [-0.39, 0.29) is 18.6 Å². The lowest BCUT2D eigenvalue weighted by Gasteiger charge is -2.11. The highest BCUT2D eigenvalue weighted by Crippen LogP contribution is 2.28. The van der Waals surface area contributed by atoms with E-state index in [4.69, 9.17) is 9.47 Å². The van der Waals surface area contributed by atoms with Crippen molar-refractivity contribution < 1.29 is 23.8 Å². The lowest BCUT2D eigenvalue weighted by molar-refractivity contribution is -0.140. The highest BCUT2D eigenvalue weighted by atomic mass is 16.5. The minimum Gasteiger partial charge on any atom is -0.493 e. The van der Waals surface area contributed by atoms with Crippen LogP contribution in [0.3, 0.4) is 0 Å². The summed E-state index contributed by atoms with van der Waals surface area (Å²) >= 11 is 0. The second kappa shape index (κ2) is 8.19. The molecule has 0 aliphatic carbocycles. The predicted octanol–water partition coefficient (Wildman–Crippen LogP) is 2.62. The van der Waals surface area contributed by atoms with Crippen LogP contribution in [0.4, 0.5) is 0 Å². The number of hydrogen-bond donors (Lipinski definition) is 0. The second-order valence-electron chi connectivity index (χ2n) is 4.21. The van der Waals surface area contributed by atoms with Gasteiger partial charge in [-0.05, 0) is 24.6 Å². The molecule has 20 heavy (non-hydrogen) atoms. The fourth-order valence-corrected chi connectivity index (χ4v) is 1.63. The average Bonchev–Trinajstić information content (AvgIpc) is 2.49. The third-order valence-electron chi connectivity index (χ3n) is 2.73. The fraction of sp³-hybridized carbons (Fsp3) is 0.467. The molecule has 0 radical (unpaired) electrons. The van der Waals surface area contributed by atoms with E-state index >= 15 is 0 Å². The maximum atomic E-state index is 12.0. The molecule has 110 valence electrons. The van der Waals surface area contributed by atoms with Gasteiger partial charge in [-0.25, -0.2) is 0 Å². The van der Waals surface area contributed by atoms with Crippen molar-refractivity contribution in [1.29, 1.82) is 0 Å². The number of rotatable bonds is 8. The molecule has 0 fully saturated rings. The van der Waals surface area contributed by atoms with Crippen LogP contribution in [0.1, 0.15) is 36.5 Å². The third-order valence-corrected chi connectivity index (χ3v) is 2.73. The Balaban J connectivity index is 2.75. The van der Waals surface area contributed by atoms with Gasteiger partial charge >= 0.3 is 5.97 Å². The molecule has 0 bridgehead atoms. The van der Waals surface area contributed by atoms with E-state index in [0.29, 0.717) is 23.7 Å². The van der Waals surface area contributed by atoms with Gasteiger partial charge in [0.25, 0.3) is 0 Å². The first-order chi connectivity index (χ1) is 9.62. The summed E-state index contributed by atoms with van der Waals surface area (Å²) < 4.78 is 15.2. The van der Waals surface area contributed by atoms with Gasteiger partial charge in [0.1, 0.15) is 0 Å². The zero-order chi connectivity index (χ0) is 15.0. The molecule has 1 aromatic carbocycles. The maximum Gasteiger partial charge on any atom is 0.305 e. The minimum absolute atomic E-state index is 0.0751. The Bertz CT molecular complexity index is 467. The number of carbonyl (C=O) groups excluding carboxylic acids is 2. The lowest BCUT2D eigenvalue weighted by atomic mass is 10.1. The summed E-state index contributed by atoms with van der Waals surface area (Å²) in [5.74, 6) is 0.602. The largest absolute Gasteiger partial charge is 0.493 e. The topological polar surface area (TPSA) is 61.8 Å². The van der Waals surface area contributed by atoms with E-state index in [1.54, 1.807) is 18.2 Å². The van der Waals surface area contributed by atoms with Gasteiger partial charge in [-0.2, -0.15) is 0 Å². The van der Waals surface area contributed by atoms with Crippen LogP contribution in [0, 0.1) is 0 Å². The monoisotopic (exact) mass is 280 g/mol. The zero-order valence-electron chi connectivity index (χ0n) is 12.1. The maximum absolute atomic E-state index is 12.0. The molecule has 0 atom stereocenters. The van der Waals surface area contributed by atoms with Gasteiger partial charge in [0.15, 0.2) is 17.3 Å². The molecule has 0 heterocycles. The summed E-state index contributed by atoms with van der Waals surface area (Å²) in [6.07, 6.45) is 1.08. The smallest absolute Gasteiger partial charge is 0.305 e. The van der Waals surface area contributed by atoms with Crippen molar-refractivity contribution in [1.82, 2.24) is 0 Å². The van der Waals surface area contributed by atoms with E-state index < -0.39 is 5.97 Å². The molecular formula is C15H20O5. The standard InChI is InChI=1S/C15H20O5/c1-4-9-20-13-7-5-11(10-14(13)18-2)12(16)6-8-15(17)19-3/h5,7,10H,4,6,8-9H2,1-3H3. The van der Waals surface area contributed by atoms with E-state index in [9.17, 15) is 9.59 Å². The Hall–Kier alpha value is -2.04. The average molecular weight is 280 g/mol. The second-order valence-corrected chi connectivity index (χ2v) is 4.21. The van der Waals surface area contributed by atoms with Crippen molar-refractivity contribution in [3.63, 3.8) is 0 Å². The van der Waals surface area contributed by atoms with E-state index in [1.165, 1.54) is 14.2 Å². The van der Waals surface area contributed by atoms with Crippen molar-refractivity contribution in [3.05, 3.63) is 23.8 Å². The zero-order valence-corrected chi connectivity index (χ0v) is 12.1. The van der Waals surface area contributed by atoms with Crippen LogP contribution in [0.5, 0.6) is 11.5 Å². The molecule has 0 aromatic heterocycles. The molecule has 0 amide bonds. The quantitative estimate of drug-likeness (QED) is 0.541. The van der Waals surface area contributed by atoms with E-state index in [0.717, 1.165) is 6.42 Å².